The Morgan fingerprint density at radius 2 is 2.26 bits per heavy atom. The van der Waals surface area contributed by atoms with Gasteiger partial charge in [-0.25, -0.2) is 0 Å². The molecule has 19 heavy (non-hydrogen) atoms. The van der Waals surface area contributed by atoms with E-state index in [4.69, 9.17) is 19.7 Å². The maximum absolute atomic E-state index is 5.78. The Morgan fingerprint density at radius 1 is 1.47 bits per heavy atom. The summed E-state index contributed by atoms with van der Waals surface area (Å²) in [6.45, 7) is 2.03. The Labute approximate surface area is 118 Å². The zero-order chi connectivity index (χ0) is 13.6. The quantitative estimate of drug-likeness (QED) is 0.919. The van der Waals surface area contributed by atoms with Crippen LogP contribution < -0.4 is 15.2 Å². The van der Waals surface area contributed by atoms with Crippen molar-refractivity contribution >= 4 is 21.8 Å². The Balaban J connectivity index is 2.20. The van der Waals surface area contributed by atoms with Crippen molar-refractivity contribution < 1.29 is 14.0 Å². The lowest BCUT2D eigenvalue weighted by atomic mass is 10.0. The van der Waals surface area contributed by atoms with Crippen LogP contribution in [0.1, 0.15) is 12.5 Å². The van der Waals surface area contributed by atoms with Gasteiger partial charge in [0.15, 0.2) is 11.5 Å². The highest BCUT2D eigenvalue weighted by Gasteiger charge is 2.28. The lowest BCUT2D eigenvalue weighted by molar-refractivity contribution is 0.243. The number of fused-ring (bicyclic) bond motifs is 1. The number of halogens is 1. The van der Waals surface area contributed by atoms with Gasteiger partial charge in [0.2, 0.25) is 5.88 Å². The largest absolute Gasteiger partial charge is 0.493 e. The van der Waals surface area contributed by atoms with E-state index in [1.54, 1.807) is 13.2 Å². The van der Waals surface area contributed by atoms with Gasteiger partial charge in [0, 0.05) is 28.1 Å². The fourth-order valence-corrected chi connectivity index (χ4v) is 2.93. The number of rotatable bonds is 2. The minimum Gasteiger partial charge on any atom is -0.493 e. The highest BCUT2D eigenvalue weighted by molar-refractivity contribution is 9.10. The third kappa shape index (κ3) is 1.96. The lowest BCUT2D eigenvalue weighted by Crippen LogP contribution is -2.05. The highest BCUT2D eigenvalue weighted by atomic mass is 79.9. The Hall–Kier alpha value is -1.69. The number of aromatic nitrogens is 1. The van der Waals surface area contributed by atoms with Crippen LogP contribution in [-0.2, 0) is 6.42 Å². The van der Waals surface area contributed by atoms with Gasteiger partial charge in [-0.15, -0.1) is 0 Å². The van der Waals surface area contributed by atoms with Crippen LogP contribution in [0.4, 0.5) is 5.88 Å². The average molecular weight is 325 g/mol. The molecule has 3 rings (SSSR count). The molecular weight excluding hydrogens is 312 g/mol. The maximum Gasteiger partial charge on any atom is 0.222 e. The molecule has 2 N–H and O–H groups in total. The van der Waals surface area contributed by atoms with E-state index in [2.05, 4.69) is 21.1 Å². The second-order valence-electron chi connectivity index (χ2n) is 4.50. The molecule has 0 amide bonds. The van der Waals surface area contributed by atoms with Crippen LogP contribution in [0, 0.1) is 0 Å². The number of nitrogen functional groups attached to an aromatic ring is 1. The number of hydrogen-bond acceptors (Lipinski definition) is 5. The summed E-state index contributed by atoms with van der Waals surface area (Å²) in [4.78, 5) is 0. The molecular formula is C13H13BrN2O3. The molecule has 1 aromatic carbocycles. The van der Waals surface area contributed by atoms with Crippen LogP contribution in [0.2, 0.25) is 0 Å². The SMILES string of the molecule is COc1cc(-c2cc(N)on2)c(Br)c2c1OC(C)C2. The zero-order valence-corrected chi connectivity index (χ0v) is 12.2. The molecule has 0 fully saturated rings. The third-order valence-electron chi connectivity index (χ3n) is 3.11. The summed E-state index contributed by atoms with van der Waals surface area (Å²) in [6.07, 6.45) is 0.964. The van der Waals surface area contributed by atoms with E-state index < -0.39 is 0 Å². The van der Waals surface area contributed by atoms with Crippen LogP contribution in [0.15, 0.2) is 21.1 Å². The molecule has 1 unspecified atom stereocenters. The van der Waals surface area contributed by atoms with E-state index in [1.807, 2.05) is 13.0 Å². The van der Waals surface area contributed by atoms with Gasteiger partial charge in [-0.1, -0.05) is 5.16 Å². The van der Waals surface area contributed by atoms with E-state index >= 15 is 0 Å². The number of methoxy groups -OCH3 is 1. The molecule has 100 valence electrons. The number of ether oxygens (including phenoxy) is 2. The lowest BCUT2D eigenvalue weighted by Gasteiger charge is -2.11. The second kappa shape index (κ2) is 4.45. The molecule has 0 spiro atoms. The van der Waals surface area contributed by atoms with Crippen LogP contribution in [0.3, 0.4) is 0 Å². The van der Waals surface area contributed by atoms with Gasteiger partial charge in [-0.05, 0) is 28.9 Å². The molecule has 6 heteroatoms. The van der Waals surface area contributed by atoms with Gasteiger partial charge in [0.1, 0.15) is 11.8 Å². The minimum atomic E-state index is 0.137. The minimum absolute atomic E-state index is 0.137. The first kappa shape index (κ1) is 12.3. The highest BCUT2D eigenvalue weighted by Crippen LogP contribution is 2.46. The molecule has 0 saturated heterocycles. The summed E-state index contributed by atoms with van der Waals surface area (Å²) in [5, 5.41) is 3.94. The van der Waals surface area contributed by atoms with Gasteiger partial charge in [-0.2, -0.15) is 0 Å². The fourth-order valence-electron chi connectivity index (χ4n) is 2.27. The van der Waals surface area contributed by atoms with Crippen LogP contribution >= 0.6 is 15.9 Å². The van der Waals surface area contributed by atoms with Gasteiger partial charge >= 0.3 is 0 Å². The topological polar surface area (TPSA) is 70.5 Å². The third-order valence-corrected chi connectivity index (χ3v) is 4.02. The monoisotopic (exact) mass is 324 g/mol. The van der Waals surface area contributed by atoms with Gasteiger partial charge < -0.3 is 19.7 Å². The molecule has 0 radical (unpaired) electrons. The summed E-state index contributed by atoms with van der Waals surface area (Å²) >= 11 is 3.61. The molecule has 5 nitrogen and oxygen atoms in total. The molecule has 0 bridgehead atoms. The van der Waals surface area contributed by atoms with Crippen molar-refractivity contribution in [3.05, 3.63) is 22.2 Å². The predicted octanol–water partition coefficient (Wildman–Crippen LogP) is 3.02. The zero-order valence-electron chi connectivity index (χ0n) is 10.6. The summed E-state index contributed by atoms with van der Waals surface area (Å²) in [5.41, 5.74) is 8.21. The summed E-state index contributed by atoms with van der Waals surface area (Å²) < 4.78 is 17.0. The molecule has 0 aliphatic carbocycles. The van der Waals surface area contributed by atoms with Gasteiger partial charge in [0.25, 0.3) is 0 Å². The first-order valence-electron chi connectivity index (χ1n) is 5.88. The molecule has 1 aliphatic rings. The van der Waals surface area contributed by atoms with E-state index in [0.717, 1.165) is 27.8 Å². The molecule has 1 aliphatic heterocycles. The van der Waals surface area contributed by atoms with E-state index in [0.29, 0.717) is 11.4 Å². The molecule has 2 heterocycles. The van der Waals surface area contributed by atoms with E-state index in [-0.39, 0.29) is 12.0 Å². The smallest absolute Gasteiger partial charge is 0.222 e. The average Bonchev–Trinajstić information content (AvgIpc) is 2.96. The summed E-state index contributed by atoms with van der Waals surface area (Å²) in [7, 11) is 1.62. The number of anilines is 1. The Bertz CT molecular complexity index is 639. The van der Waals surface area contributed by atoms with Crippen molar-refractivity contribution in [2.45, 2.75) is 19.4 Å². The maximum atomic E-state index is 5.78. The first-order chi connectivity index (χ1) is 9.10. The summed E-state index contributed by atoms with van der Waals surface area (Å²) in [6, 6.07) is 3.56. The van der Waals surface area contributed by atoms with Crippen molar-refractivity contribution in [1.82, 2.24) is 5.16 Å². The number of nitrogens with two attached hydrogens (primary N) is 1. The summed E-state index contributed by atoms with van der Waals surface area (Å²) in [5.74, 6) is 1.77. The number of benzene rings is 1. The Kier molecular flexibility index (Phi) is 2.89. The predicted molar refractivity (Wildman–Crippen MR) is 74.4 cm³/mol. The van der Waals surface area contributed by atoms with Gasteiger partial charge in [-0.3, -0.25) is 0 Å². The molecule has 1 atom stereocenters. The standard InChI is InChI=1S/C13H13BrN2O3/c1-6-3-8-12(14)7(9-5-11(15)19-16-9)4-10(17-2)13(8)18-6/h4-6H,3,15H2,1-2H3. The van der Waals surface area contributed by atoms with Crippen molar-refractivity contribution in [3.8, 4) is 22.8 Å². The molecule has 0 saturated carbocycles. The molecule has 1 aromatic heterocycles. The Morgan fingerprint density at radius 3 is 2.89 bits per heavy atom. The fraction of sp³-hybridized carbons (Fsp3) is 0.308. The van der Waals surface area contributed by atoms with Crippen LogP contribution in [-0.4, -0.2) is 18.4 Å². The van der Waals surface area contributed by atoms with Crippen LogP contribution in [0.25, 0.3) is 11.3 Å². The second-order valence-corrected chi connectivity index (χ2v) is 5.29. The number of nitrogens with zero attached hydrogens (tertiary/aromatic N) is 1. The van der Waals surface area contributed by atoms with Gasteiger partial charge in [0.05, 0.1) is 7.11 Å². The van der Waals surface area contributed by atoms with E-state index in [9.17, 15) is 0 Å². The van der Waals surface area contributed by atoms with Crippen molar-refractivity contribution in [3.63, 3.8) is 0 Å². The first-order valence-corrected chi connectivity index (χ1v) is 6.68. The molecule has 2 aromatic rings. The van der Waals surface area contributed by atoms with Crippen molar-refractivity contribution in [1.29, 1.82) is 0 Å². The normalized spacial score (nSPS) is 17.1. The van der Waals surface area contributed by atoms with Crippen molar-refractivity contribution in [2.75, 3.05) is 12.8 Å². The van der Waals surface area contributed by atoms with Crippen molar-refractivity contribution in [2.24, 2.45) is 0 Å². The van der Waals surface area contributed by atoms with Crippen LogP contribution in [0.5, 0.6) is 11.5 Å². The number of hydrogen-bond donors (Lipinski definition) is 1. The van der Waals surface area contributed by atoms with E-state index in [1.165, 1.54) is 0 Å².